The number of allylic oxidation sites excluding steroid dienone is 2. The number of carbonyl (C=O) groups is 3. The van der Waals surface area contributed by atoms with Crippen LogP contribution in [0.1, 0.15) is 18.4 Å². The van der Waals surface area contributed by atoms with Crippen molar-refractivity contribution in [2.24, 2.45) is 0 Å². The smallest absolute Gasteiger partial charge is 0.294 e. The molecular formula is C18H18N2O3S. The van der Waals surface area contributed by atoms with Gasteiger partial charge in [-0.2, -0.15) is 0 Å². The zero-order valence-electron chi connectivity index (χ0n) is 13.2. The van der Waals surface area contributed by atoms with Crippen molar-refractivity contribution in [2.75, 3.05) is 19.6 Å². The molecule has 0 aromatic heterocycles. The highest BCUT2D eigenvalue weighted by Gasteiger charge is 2.37. The average Bonchev–Trinajstić information content (AvgIpc) is 3.21. The van der Waals surface area contributed by atoms with E-state index in [1.807, 2.05) is 36.4 Å². The van der Waals surface area contributed by atoms with E-state index in [2.05, 4.69) is 0 Å². The SMILES string of the molecule is O=C(CN1C(=O)S/C(=C/C=C/c2ccccc2)C1=O)N1CCCC1. The van der Waals surface area contributed by atoms with Gasteiger partial charge in [0.15, 0.2) is 0 Å². The number of nitrogens with zero attached hydrogens (tertiary/aromatic N) is 2. The van der Waals surface area contributed by atoms with E-state index in [0.717, 1.165) is 35.1 Å². The molecule has 0 unspecified atom stereocenters. The Morgan fingerprint density at radius 2 is 1.83 bits per heavy atom. The summed E-state index contributed by atoms with van der Waals surface area (Å²) in [5.41, 5.74) is 1.01. The summed E-state index contributed by atoms with van der Waals surface area (Å²) in [5, 5.41) is -0.382. The van der Waals surface area contributed by atoms with Gasteiger partial charge in [-0.05, 0) is 36.2 Å². The molecule has 0 radical (unpaired) electrons. The standard InChI is InChI=1S/C18H18N2O3S/c21-16(19-11-4-5-12-19)13-20-17(22)15(24-18(20)23)10-6-9-14-7-2-1-3-8-14/h1-3,6-10H,4-5,11-13H2/b9-6+,15-10+. The molecule has 3 amide bonds. The highest BCUT2D eigenvalue weighted by Crippen LogP contribution is 2.30. The van der Waals surface area contributed by atoms with Crippen LogP contribution in [0.15, 0.2) is 47.4 Å². The molecule has 0 spiro atoms. The van der Waals surface area contributed by atoms with Gasteiger partial charge in [0.05, 0.1) is 4.91 Å². The highest BCUT2D eigenvalue weighted by atomic mass is 32.2. The van der Waals surface area contributed by atoms with Crippen molar-refractivity contribution in [3.8, 4) is 0 Å². The van der Waals surface area contributed by atoms with Crippen LogP contribution in [0.3, 0.4) is 0 Å². The summed E-state index contributed by atoms with van der Waals surface area (Å²) in [5.74, 6) is -0.550. The van der Waals surface area contributed by atoms with Crippen LogP contribution in [0.25, 0.3) is 6.08 Å². The van der Waals surface area contributed by atoms with Crippen LogP contribution in [-0.4, -0.2) is 46.5 Å². The van der Waals surface area contributed by atoms with Crippen molar-refractivity contribution in [3.05, 3.63) is 53.0 Å². The van der Waals surface area contributed by atoms with Crippen LogP contribution in [0.2, 0.25) is 0 Å². The van der Waals surface area contributed by atoms with E-state index in [0.29, 0.717) is 18.0 Å². The second-order valence-electron chi connectivity index (χ2n) is 5.65. The van der Waals surface area contributed by atoms with Crippen molar-refractivity contribution < 1.29 is 14.4 Å². The zero-order chi connectivity index (χ0) is 16.9. The molecule has 0 atom stereocenters. The first-order valence-electron chi connectivity index (χ1n) is 7.90. The number of hydrogen-bond acceptors (Lipinski definition) is 4. The second kappa shape index (κ2) is 7.49. The third-order valence-corrected chi connectivity index (χ3v) is 4.89. The minimum atomic E-state index is -0.393. The maximum atomic E-state index is 12.3. The fraction of sp³-hybridized carbons (Fsp3) is 0.278. The fourth-order valence-electron chi connectivity index (χ4n) is 2.66. The van der Waals surface area contributed by atoms with Gasteiger partial charge in [-0.3, -0.25) is 19.3 Å². The minimum Gasteiger partial charge on any atom is -0.341 e. The van der Waals surface area contributed by atoms with Gasteiger partial charge in [-0.15, -0.1) is 0 Å². The minimum absolute atomic E-state index is 0.157. The van der Waals surface area contributed by atoms with Crippen LogP contribution in [0.4, 0.5) is 4.79 Å². The first-order valence-corrected chi connectivity index (χ1v) is 8.71. The molecular weight excluding hydrogens is 324 g/mol. The molecule has 2 fully saturated rings. The number of hydrogen-bond donors (Lipinski definition) is 0. The van der Waals surface area contributed by atoms with E-state index < -0.39 is 5.91 Å². The van der Waals surface area contributed by atoms with E-state index in [1.165, 1.54) is 0 Å². The van der Waals surface area contributed by atoms with Crippen LogP contribution < -0.4 is 0 Å². The Morgan fingerprint density at radius 3 is 2.54 bits per heavy atom. The molecule has 24 heavy (non-hydrogen) atoms. The molecule has 1 aromatic carbocycles. The monoisotopic (exact) mass is 342 g/mol. The lowest BCUT2D eigenvalue weighted by Crippen LogP contribution is -2.40. The van der Waals surface area contributed by atoms with E-state index in [1.54, 1.807) is 17.1 Å². The average molecular weight is 342 g/mol. The topological polar surface area (TPSA) is 57.7 Å². The third-order valence-electron chi connectivity index (χ3n) is 3.96. The van der Waals surface area contributed by atoms with Crippen LogP contribution in [0.5, 0.6) is 0 Å². The highest BCUT2D eigenvalue weighted by molar-refractivity contribution is 8.18. The Morgan fingerprint density at radius 1 is 1.12 bits per heavy atom. The summed E-state index contributed by atoms with van der Waals surface area (Å²) in [6.45, 7) is 1.26. The molecule has 2 saturated heterocycles. The number of amides is 3. The summed E-state index contributed by atoms with van der Waals surface area (Å²) in [6.07, 6.45) is 7.20. The number of thioether (sulfide) groups is 1. The first kappa shape index (κ1) is 16.5. The van der Waals surface area contributed by atoms with Gasteiger partial charge in [0.2, 0.25) is 5.91 Å². The van der Waals surface area contributed by atoms with Crippen molar-refractivity contribution in [1.82, 2.24) is 9.80 Å². The van der Waals surface area contributed by atoms with Crippen LogP contribution in [-0.2, 0) is 9.59 Å². The molecule has 0 bridgehead atoms. The Bertz CT molecular complexity index is 706. The van der Waals surface area contributed by atoms with Gasteiger partial charge in [0.1, 0.15) is 6.54 Å². The maximum absolute atomic E-state index is 12.3. The first-order chi connectivity index (χ1) is 11.6. The van der Waals surface area contributed by atoms with Crippen molar-refractivity contribution >= 4 is 34.9 Å². The van der Waals surface area contributed by atoms with Crippen LogP contribution >= 0.6 is 11.8 Å². The van der Waals surface area contributed by atoms with E-state index in [-0.39, 0.29) is 17.7 Å². The molecule has 3 rings (SSSR count). The number of rotatable bonds is 4. The number of carbonyl (C=O) groups excluding carboxylic acids is 3. The Kier molecular flexibility index (Phi) is 5.15. The predicted molar refractivity (Wildman–Crippen MR) is 94.1 cm³/mol. The molecule has 2 heterocycles. The summed E-state index contributed by atoms with van der Waals surface area (Å²) in [4.78, 5) is 39.6. The Balaban J connectivity index is 1.64. The maximum Gasteiger partial charge on any atom is 0.294 e. The molecule has 1 aromatic rings. The number of likely N-dealkylation sites (tertiary alicyclic amines) is 1. The van der Waals surface area contributed by atoms with Gasteiger partial charge in [-0.25, -0.2) is 0 Å². The molecule has 0 saturated carbocycles. The normalized spacial score (nSPS) is 19.9. The van der Waals surface area contributed by atoms with E-state index in [4.69, 9.17) is 0 Å². The summed E-state index contributed by atoms with van der Waals surface area (Å²) in [6, 6.07) is 9.69. The van der Waals surface area contributed by atoms with Gasteiger partial charge >= 0.3 is 0 Å². The van der Waals surface area contributed by atoms with Gasteiger partial charge in [0.25, 0.3) is 11.1 Å². The molecule has 124 valence electrons. The summed E-state index contributed by atoms with van der Waals surface area (Å²) >= 11 is 0.878. The summed E-state index contributed by atoms with van der Waals surface area (Å²) in [7, 11) is 0. The van der Waals surface area contributed by atoms with Gasteiger partial charge in [0, 0.05) is 13.1 Å². The molecule has 6 heteroatoms. The van der Waals surface area contributed by atoms with Crippen molar-refractivity contribution in [2.45, 2.75) is 12.8 Å². The quantitative estimate of drug-likeness (QED) is 0.790. The van der Waals surface area contributed by atoms with Crippen LogP contribution in [0, 0.1) is 0 Å². The third kappa shape index (κ3) is 3.76. The van der Waals surface area contributed by atoms with Gasteiger partial charge < -0.3 is 4.90 Å². The van der Waals surface area contributed by atoms with E-state index >= 15 is 0 Å². The number of benzene rings is 1. The predicted octanol–water partition coefficient (Wildman–Crippen LogP) is 2.90. The fourth-order valence-corrected chi connectivity index (χ4v) is 3.45. The lowest BCUT2D eigenvalue weighted by atomic mass is 10.2. The lowest BCUT2D eigenvalue weighted by Gasteiger charge is -2.18. The molecule has 2 aliphatic rings. The Labute approximate surface area is 145 Å². The largest absolute Gasteiger partial charge is 0.341 e. The summed E-state index contributed by atoms with van der Waals surface area (Å²) < 4.78 is 0. The van der Waals surface area contributed by atoms with Crippen molar-refractivity contribution in [1.29, 1.82) is 0 Å². The Hall–Kier alpha value is -2.34. The van der Waals surface area contributed by atoms with Gasteiger partial charge in [-0.1, -0.05) is 42.5 Å². The molecule has 2 aliphatic heterocycles. The zero-order valence-corrected chi connectivity index (χ0v) is 14.0. The lowest BCUT2D eigenvalue weighted by molar-refractivity contribution is -0.135. The molecule has 5 nitrogen and oxygen atoms in total. The van der Waals surface area contributed by atoms with E-state index in [9.17, 15) is 14.4 Å². The number of imide groups is 1. The van der Waals surface area contributed by atoms with Crippen molar-refractivity contribution in [3.63, 3.8) is 0 Å². The molecule has 0 aliphatic carbocycles. The second-order valence-corrected chi connectivity index (χ2v) is 6.64. The molecule has 0 N–H and O–H groups in total.